The fraction of sp³-hybridized carbons (Fsp3) is 0.400. The average molecular weight is 375 g/mol. The van der Waals surface area contributed by atoms with Gasteiger partial charge in [-0.2, -0.15) is 0 Å². The quantitative estimate of drug-likeness (QED) is 0.877. The number of nitrogens with one attached hydrogen (secondary N) is 1. The van der Waals surface area contributed by atoms with Crippen LogP contribution in [0.25, 0.3) is 0 Å². The Labute approximate surface area is 152 Å². The molecule has 1 aliphatic rings. The van der Waals surface area contributed by atoms with E-state index in [1.165, 1.54) is 11.3 Å². The van der Waals surface area contributed by atoms with Crippen molar-refractivity contribution in [3.63, 3.8) is 0 Å². The molecule has 0 aromatic carbocycles. The fourth-order valence-electron chi connectivity index (χ4n) is 2.68. The number of hydrogen-bond donors (Lipinski definition) is 1. The van der Waals surface area contributed by atoms with Crippen LogP contribution in [0.1, 0.15) is 32.0 Å². The molecule has 1 N–H and O–H groups in total. The van der Waals surface area contributed by atoms with E-state index < -0.39 is 0 Å². The first-order valence-corrected chi connectivity index (χ1v) is 7.84. The first-order valence-electron chi connectivity index (χ1n) is 7.02. The molecule has 1 atom stereocenters. The van der Waals surface area contributed by atoms with Gasteiger partial charge >= 0.3 is 0 Å². The normalized spacial score (nSPS) is 17.1. The Morgan fingerprint density at radius 1 is 1.39 bits per heavy atom. The highest BCUT2D eigenvalue weighted by molar-refractivity contribution is 7.13. The summed E-state index contributed by atoms with van der Waals surface area (Å²) in [6.07, 6.45) is 3.59. The molecule has 0 spiro atoms. The zero-order valence-electron chi connectivity index (χ0n) is 13.0. The van der Waals surface area contributed by atoms with Crippen LogP contribution >= 0.6 is 36.2 Å². The summed E-state index contributed by atoms with van der Waals surface area (Å²) in [7, 11) is 0. The molecule has 1 saturated heterocycles. The van der Waals surface area contributed by atoms with E-state index in [2.05, 4.69) is 15.3 Å². The number of carbonyl (C=O) groups is 1. The predicted octanol–water partition coefficient (Wildman–Crippen LogP) is 2.79. The Morgan fingerprint density at radius 3 is 2.78 bits per heavy atom. The summed E-state index contributed by atoms with van der Waals surface area (Å²) in [5.74, 6) is 0.0773. The van der Waals surface area contributed by atoms with Gasteiger partial charge in [0.15, 0.2) is 0 Å². The molecule has 2 aromatic heterocycles. The van der Waals surface area contributed by atoms with Crippen LogP contribution < -0.4 is 5.32 Å². The highest BCUT2D eigenvalue weighted by atomic mass is 35.5. The number of halogens is 2. The molecular weight excluding hydrogens is 355 g/mol. The van der Waals surface area contributed by atoms with Crippen molar-refractivity contribution in [3.05, 3.63) is 45.7 Å². The fourth-order valence-corrected chi connectivity index (χ4v) is 3.55. The van der Waals surface area contributed by atoms with Gasteiger partial charge in [0.25, 0.3) is 5.91 Å². The van der Waals surface area contributed by atoms with Crippen molar-refractivity contribution in [2.45, 2.75) is 19.9 Å². The number of carbonyl (C=O) groups excluding carboxylic acids is 1. The van der Waals surface area contributed by atoms with Gasteiger partial charge in [-0.25, -0.2) is 4.98 Å². The Hall–Kier alpha value is -1.21. The molecule has 1 aliphatic heterocycles. The average Bonchev–Trinajstić information content (AvgIpc) is 2.86. The van der Waals surface area contributed by atoms with E-state index in [9.17, 15) is 4.79 Å². The van der Waals surface area contributed by atoms with Gasteiger partial charge in [0.2, 0.25) is 0 Å². The van der Waals surface area contributed by atoms with Gasteiger partial charge in [0.1, 0.15) is 4.88 Å². The molecule has 126 valence electrons. The summed E-state index contributed by atoms with van der Waals surface area (Å²) in [5, 5.41) is 4.29. The van der Waals surface area contributed by atoms with Crippen LogP contribution in [0.5, 0.6) is 0 Å². The summed E-state index contributed by atoms with van der Waals surface area (Å²) in [5.41, 5.74) is 1.89. The molecule has 1 unspecified atom stereocenters. The van der Waals surface area contributed by atoms with Crippen LogP contribution in [-0.2, 0) is 0 Å². The summed E-state index contributed by atoms with van der Waals surface area (Å²) in [6, 6.07) is 3.96. The van der Waals surface area contributed by atoms with Gasteiger partial charge < -0.3 is 10.2 Å². The van der Waals surface area contributed by atoms with Crippen LogP contribution in [0.2, 0.25) is 0 Å². The molecule has 0 saturated carbocycles. The lowest BCUT2D eigenvalue weighted by Crippen LogP contribution is -2.48. The van der Waals surface area contributed by atoms with Crippen LogP contribution in [0, 0.1) is 13.8 Å². The Balaban J connectivity index is 0.00000132. The maximum Gasteiger partial charge on any atom is 0.266 e. The predicted molar refractivity (Wildman–Crippen MR) is 97.0 cm³/mol. The molecule has 23 heavy (non-hydrogen) atoms. The van der Waals surface area contributed by atoms with E-state index in [-0.39, 0.29) is 36.8 Å². The minimum absolute atomic E-state index is 0. The number of hydrogen-bond acceptors (Lipinski definition) is 5. The summed E-state index contributed by atoms with van der Waals surface area (Å²) < 4.78 is 0. The van der Waals surface area contributed by atoms with E-state index in [1.807, 2.05) is 37.1 Å². The second kappa shape index (κ2) is 8.59. The Morgan fingerprint density at radius 2 is 2.17 bits per heavy atom. The lowest BCUT2D eigenvalue weighted by molar-refractivity contribution is 0.0638. The van der Waals surface area contributed by atoms with Crippen LogP contribution in [0.4, 0.5) is 0 Å². The third kappa shape index (κ3) is 4.20. The maximum absolute atomic E-state index is 12.9. The zero-order chi connectivity index (χ0) is 14.8. The minimum Gasteiger partial charge on any atom is -0.328 e. The number of thiazole rings is 1. The van der Waals surface area contributed by atoms with Gasteiger partial charge in [0.05, 0.1) is 16.7 Å². The van der Waals surface area contributed by atoms with Gasteiger partial charge in [-0.15, -0.1) is 36.2 Å². The van der Waals surface area contributed by atoms with E-state index in [1.54, 1.807) is 6.20 Å². The monoisotopic (exact) mass is 374 g/mol. The number of amides is 1. The molecule has 0 bridgehead atoms. The second-order valence-corrected chi connectivity index (χ2v) is 6.36. The van der Waals surface area contributed by atoms with Gasteiger partial charge in [0, 0.05) is 32.0 Å². The highest BCUT2D eigenvalue weighted by Gasteiger charge is 2.30. The SMILES string of the molecule is Cc1nc(C)c(C(=O)N2CCNCC2c2cccnc2)s1.Cl.Cl. The lowest BCUT2D eigenvalue weighted by Gasteiger charge is -2.36. The summed E-state index contributed by atoms with van der Waals surface area (Å²) in [6.45, 7) is 6.12. The molecule has 8 heteroatoms. The van der Waals surface area contributed by atoms with Gasteiger partial charge in [-0.3, -0.25) is 9.78 Å². The van der Waals surface area contributed by atoms with E-state index in [0.29, 0.717) is 6.54 Å². The first kappa shape index (κ1) is 19.8. The van der Waals surface area contributed by atoms with Crippen LogP contribution in [0.15, 0.2) is 24.5 Å². The molecule has 3 rings (SSSR count). The van der Waals surface area contributed by atoms with E-state index in [0.717, 1.165) is 34.2 Å². The standard InChI is InChI=1S/C15H18N4OS.2ClH/c1-10-14(21-11(2)18-10)15(20)19-7-6-17-9-13(19)12-4-3-5-16-8-12;;/h3-5,8,13,17H,6-7,9H2,1-2H3;2*1H. The van der Waals surface area contributed by atoms with Crippen LogP contribution in [0.3, 0.4) is 0 Å². The number of aryl methyl sites for hydroxylation is 2. The smallest absolute Gasteiger partial charge is 0.266 e. The maximum atomic E-state index is 12.9. The lowest BCUT2D eigenvalue weighted by atomic mass is 10.0. The third-order valence-corrected chi connectivity index (χ3v) is 4.73. The first-order chi connectivity index (χ1) is 10.2. The molecule has 5 nitrogen and oxygen atoms in total. The molecule has 3 heterocycles. The molecular formula is C15H20Cl2N4OS. The van der Waals surface area contributed by atoms with E-state index >= 15 is 0 Å². The van der Waals surface area contributed by atoms with E-state index in [4.69, 9.17) is 0 Å². The highest BCUT2D eigenvalue weighted by Crippen LogP contribution is 2.26. The summed E-state index contributed by atoms with van der Waals surface area (Å²) >= 11 is 1.47. The largest absolute Gasteiger partial charge is 0.328 e. The van der Waals surface area contributed by atoms with Crippen molar-refractivity contribution in [2.75, 3.05) is 19.6 Å². The van der Waals surface area contributed by atoms with Crippen LogP contribution in [-0.4, -0.2) is 40.4 Å². The number of nitrogens with zero attached hydrogens (tertiary/aromatic N) is 3. The Kier molecular flexibility index (Phi) is 7.41. The third-order valence-electron chi connectivity index (χ3n) is 3.67. The molecule has 2 aromatic rings. The van der Waals surface area contributed by atoms with Crippen molar-refractivity contribution in [3.8, 4) is 0 Å². The van der Waals surface area contributed by atoms with Crippen molar-refractivity contribution < 1.29 is 4.79 Å². The zero-order valence-corrected chi connectivity index (χ0v) is 15.4. The van der Waals surface area contributed by atoms with Crippen molar-refractivity contribution >= 4 is 42.1 Å². The van der Waals surface area contributed by atoms with Crippen molar-refractivity contribution in [1.82, 2.24) is 20.2 Å². The number of pyridine rings is 1. The number of rotatable bonds is 2. The molecule has 0 radical (unpaired) electrons. The topological polar surface area (TPSA) is 58.1 Å². The number of piperazine rings is 1. The number of aromatic nitrogens is 2. The minimum atomic E-state index is 0. The Bertz CT molecular complexity index is 650. The molecule has 1 fully saturated rings. The second-order valence-electron chi connectivity index (χ2n) is 5.15. The molecule has 0 aliphatic carbocycles. The summed E-state index contributed by atoms with van der Waals surface area (Å²) in [4.78, 5) is 24.1. The van der Waals surface area contributed by atoms with Gasteiger partial charge in [-0.1, -0.05) is 6.07 Å². The van der Waals surface area contributed by atoms with Crippen molar-refractivity contribution in [1.29, 1.82) is 0 Å². The molecule has 1 amide bonds. The van der Waals surface area contributed by atoms with Gasteiger partial charge in [-0.05, 0) is 25.5 Å². The van der Waals surface area contributed by atoms with Crippen molar-refractivity contribution in [2.24, 2.45) is 0 Å².